The van der Waals surface area contributed by atoms with E-state index in [1.54, 1.807) is 31.6 Å². The molecule has 39 heavy (non-hydrogen) atoms. The van der Waals surface area contributed by atoms with Gasteiger partial charge in [0.05, 0.1) is 47.9 Å². The minimum absolute atomic E-state index is 0.0240. The van der Waals surface area contributed by atoms with Crippen LogP contribution in [-0.2, 0) is 9.47 Å². The first-order valence-corrected chi connectivity index (χ1v) is 13.2. The molecule has 0 aliphatic carbocycles. The maximum absolute atomic E-state index is 13.7. The first kappa shape index (κ1) is 27.2. The third-order valence-electron chi connectivity index (χ3n) is 7.18. The Labute approximate surface area is 231 Å². The molecule has 8 nitrogen and oxygen atoms in total. The predicted molar refractivity (Wildman–Crippen MR) is 147 cm³/mol. The van der Waals surface area contributed by atoms with Crippen LogP contribution in [0.25, 0.3) is 10.9 Å². The Kier molecular flexibility index (Phi) is 8.48. The number of aromatic nitrogens is 1. The number of anilines is 2. The summed E-state index contributed by atoms with van der Waals surface area (Å²) in [5.41, 5.74) is 2.35. The van der Waals surface area contributed by atoms with Gasteiger partial charge in [-0.25, -0.2) is 4.39 Å². The highest BCUT2D eigenvalue weighted by atomic mass is 35.5. The van der Waals surface area contributed by atoms with Crippen molar-refractivity contribution in [3.05, 3.63) is 65.3 Å². The predicted octanol–water partition coefficient (Wildman–Crippen LogP) is 5.67. The number of rotatable bonds is 10. The molecule has 0 saturated carbocycles. The van der Waals surface area contributed by atoms with Crippen LogP contribution in [0.2, 0.25) is 5.02 Å². The SMILES string of the molecule is COCCOc1cc2c(Nc3ccc(F)c(Cl)c3)c(C#N)cnc2cc1O/C=C/CN1CCC2(CC1)COC2. The number of hydrogen-bond acceptors (Lipinski definition) is 8. The summed E-state index contributed by atoms with van der Waals surface area (Å²) in [6.07, 6.45) is 7.49. The second kappa shape index (κ2) is 12.2. The van der Waals surface area contributed by atoms with Crippen LogP contribution in [0.15, 0.2) is 48.9 Å². The number of ether oxygens (including phenoxy) is 4. The summed E-state index contributed by atoms with van der Waals surface area (Å²) in [6.45, 7) is 5.39. The maximum atomic E-state index is 13.7. The van der Waals surface area contributed by atoms with Crippen molar-refractivity contribution in [2.45, 2.75) is 12.8 Å². The van der Waals surface area contributed by atoms with Gasteiger partial charge in [-0.3, -0.25) is 9.88 Å². The lowest BCUT2D eigenvalue weighted by atomic mass is 9.77. The Hall–Kier alpha value is -3.42. The molecule has 0 radical (unpaired) electrons. The Morgan fingerprint density at radius 2 is 2.03 bits per heavy atom. The number of nitrogens with zero attached hydrogens (tertiary/aromatic N) is 3. The lowest BCUT2D eigenvalue weighted by Crippen LogP contribution is -2.50. The average Bonchev–Trinajstić information content (AvgIpc) is 2.93. The van der Waals surface area contributed by atoms with Gasteiger partial charge in [0.25, 0.3) is 0 Å². The van der Waals surface area contributed by atoms with E-state index in [0.717, 1.165) is 32.8 Å². The molecule has 2 fully saturated rings. The summed E-state index contributed by atoms with van der Waals surface area (Å²) < 4.78 is 36.2. The summed E-state index contributed by atoms with van der Waals surface area (Å²) >= 11 is 5.97. The zero-order valence-electron chi connectivity index (χ0n) is 21.7. The molecule has 1 N–H and O–H groups in total. The fourth-order valence-corrected chi connectivity index (χ4v) is 4.96. The van der Waals surface area contributed by atoms with Gasteiger partial charge < -0.3 is 24.3 Å². The standard InChI is InChI=1S/C29H30ClFN4O4/c1-36-11-12-39-26-14-22-25(33-17-20(16-32)28(22)34-21-3-4-24(31)23(30)13-21)15-27(26)38-10-2-7-35-8-5-29(6-9-35)18-37-19-29/h2-4,10,13-15,17H,5-9,11-12,18-19H2,1H3,(H,33,34)/b10-2+. The molecule has 5 rings (SSSR count). The van der Waals surface area contributed by atoms with Crippen LogP contribution in [0.4, 0.5) is 15.8 Å². The van der Waals surface area contributed by atoms with Crippen LogP contribution >= 0.6 is 11.6 Å². The number of fused-ring (bicyclic) bond motifs is 1. The lowest BCUT2D eigenvalue weighted by Gasteiger charge is -2.47. The van der Waals surface area contributed by atoms with Crippen LogP contribution in [0.1, 0.15) is 18.4 Å². The van der Waals surface area contributed by atoms with E-state index in [2.05, 4.69) is 21.3 Å². The van der Waals surface area contributed by atoms with Gasteiger partial charge in [0.15, 0.2) is 11.5 Å². The monoisotopic (exact) mass is 552 g/mol. The maximum Gasteiger partial charge on any atom is 0.170 e. The molecule has 0 amide bonds. The number of hydrogen-bond donors (Lipinski definition) is 1. The van der Waals surface area contributed by atoms with Crippen molar-refractivity contribution in [2.75, 3.05) is 58.5 Å². The Bertz CT molecular complexity index is 1400. The number of methoxy groups -OCH3 is 1. The number of benzene rings is 2. The van der Waals surface area contributed by atoms with E-state index >= 15 is 0 Å². The van der Waals surface area contributed by atoms with Crippen molar-refractivity contribution < 1.29 is 23.3 Å². The van der Waals surface area contributed by atoms with E-state index in [1.807, 2.05) is 6.08 Å². The van der Waals surface area contributed by atoms with E-state index in [4.69, 9.17) is 30.5 Å². The Balaban J connectivity index is 1.37. The second-order valence-corrected chi connectivity index (χ2v) is 10.3. The summed E-state index contributed by atoms with van der Waals surface area (Å²) in [4.78, 5) is 6.87. The number of nitrogens with one attached hydrogen (secondary N) is 1. The molecule has 2 aliphatic heterocycles. The third kappa shape index (κ3) is 6.26. The Morgan fingerprint density at radius 1 is 1.21 bits per heavy atom. The van der Waals surface area contributed by atoms with Gasteiger partial charge in [0.1, 0.15) is 18.5 Å². The topological polar surface area (TPSA) is 88.9 Å². The second-order valence-electron chi connectivity index (χ2n) is 9.85. The molecular weight excluding hydrogens is 523 g/mol. The highest BCUT2D eigenvalue weighted by Crippen LogP contribution is 2.39. The molecule has 2 saturated heterocycles. The molecule has 3 aromatic rings. The van der Waals surface area contributed by atoms with Crippen molar-refractivity contribution >= 4 is 33.9 Å². The number of piperidine rings is 1. The van der Waals surface area contributed by atoms with Crippen LogP contribution in [-0.4, -0.2) is 63.1 Å². The van der Waals surface area contributed by atoms with Gasteiger partial charge in [-0.1, -0.05) is 11.6 Å². The first-order valence-electron chi connectivity index (χ1n) is 12.8. The molecule has 1 spiro atoms. The van der Waals surface area contributed by atoms with Crippen molar-refractivity contribution in [3.63, 3.8) is 0 Å². The number of nitriles is 1. The normalized spacial score (nSPS) is 16.8. The first-order chi connectivity index (χ1) is 19.0. The fraction of sp³-hybridized carbons (Fsp3) is 0.379. The van der Waals surface area contributed by atoms with E-state index in [-0.39, 0.29) is 5.02 Å². The van der Waals surface area contributed by atoms with Gasteiger partial charge in [-0.15, -0.1) is 0 Å². The molecule has 2 aromatic carbocycles. The van der Waals surface area contributed by atoms with Crippen molar-refractivity contribution in [1.82, 2.24) is 9.88 Å². The lowest BCUT2D eigenvalue weighted by molar-refractivity contribution is -0.138. The van der Waals surface area contributed by atoms with Gasteiger partial charge in [-0.05, 0) is 56.3 Å². The van der Waals surface area contributed by atoms with Gasteiger partial charge in [0, 0.05) is 42.4 Å². The molecule has 0 atom stereocenters. The van der Waals surface area contributed by atoms with E-state index in [0.29, 0.717) is 58.0 Å². The zero-order chi connectivity index (χ0) is 27.2. The van der Waals surface area contributed by atoms with Crippen molar-refractivity contribution in [2.24, 2.45) is 5.41 Å². The summed E-state index contributed by atoms with van der Waals surface area (Å²) in [5, 5.41) is 13.5. The molecule has 0 bridgehead atoms. The average molecular weight is 553 g/mol. The van der Waals surface area contributed by atoms with Crippen molar-refractivity contribution in [3.8, 4) is 17.6 Å². The molecule has 3 heterocycles. The minimum Gasteiger partial charge on any atom is -0.487 e. The van der Waals surface area contributed by atoms with Crippen molar-refractivity contribution in [1.29, 1.82) is 5.26 Å². The molecule has 2 aliphatic rings. The summed E-state index contributed by atoms with van der Waals surface area (Å²) in [7, 11) is 1.60. The largest absolute Gasteiger partial charge is 0.487 e. The van der Waals surface area contributed by atoms with Gasteiger partial charge in [-0.2, -0.15) is 5.26 Å². The number of halogens is 2. The van der Waals surface area contributed by atoms with E-state index < -0.39 is 5.82 Å². The Morgan fingerprint density at radius 3 is 2.72 bits per heavy atom. The highest BCUT2D eigenvalue weighted by Gasteiger charge is 2.40. The molecule has 1 aromatic heterocycles. The molecule has 10 heteroatoms. The van der Waals surface area contributed by atoms with Gasteiger partial charge >= 0.3 is 0 Å². The smallest absolute Gasteiger partial charge is 0.170 e. The zero-order valence-corrected chi connectivity index (χ0v) is 22.5. The summed E-state index contributed by atoms with van der Waals surface area (Å²) in [5.74, 6) is 0.446. The summed E-state index contributed by atoms with van der Waals surface area (Å²) in [6, 6.07) is 9.99. The third-order valence-corrected chi connectivity index (χ3v) is 7.47. The molecule has 204 valence electrons. The van der Waals surface area contributed by atoms with Crippen LogP contribution < -0.4 is 14.8 Å². The molecular formula is C29H30ClFN4O4. The fourth-order valence-electron chi connectivity index (χ4n) is 4.78. The minimum atomic E-state index is -0.525. The van der Waals surface area contributed by atoms with Crippen LogP contribution in [0, 0.1) is 22.6 Å². The van der Waals surface area contributed by atoms with Gasteiger partial charge in [0.2, 0.25) is 0 Å². The van der Waals surface area contributed by atoms with Crippen LogP contribution in [0.5, 0.6) is 11.5 Å². The highest BCUT2D eigenvalue weighted by molar-refractivity contribution is 6.31. The van der Waals surface area contributed by atoms with E-state index in [9.17, 15) is 9.65 Å². The van der Waals surface area contributed by atoms with Crippen LogP contribution in [0.3, 0.4) is 0 Å². The molecule has 0 unspecified atom stereocenters. The quantitative estimate of drug-likeness (QED) is 0.254. The van der Waals surface area contributed by atoms with E-state index in [1.165, 1.54) is 31.2 Å². The number of pyridine rings is 1. The number of likely N-dealkylation sites (tertiary alicyclic amines) is 1.